The quantitative estimate of drug-likeness (QED) is 0.648. The maximum absolute atomic E-state index is 11.8. The van der Waals surface area contributed by atoms with Gasteiger partial charge >= 0.3 is 0 Å². The predicted octanol–water partition coefficient (Wildman–Crippen LogP) is 0.899. The monoisotopic (exact) mass is 242 g/mol. The number of carbonyl (C=O) groups is 1. The van der Waals surface area contributed by atoms with E-state index in [0.29, 0.717) is 18.3 Å². The number of amides is 1. The van der Waals surface area contributed by atoms with Crippen LogP contribution >= 0.6 is 0 Å². The highest BCUT2D eigenvalue weighted by Gasteiger charge is 2.19. The fourth-order valence-electron chi connectivity index (χ4n) is 2.38. The first kappa shape index (κ1) is 14.5. The number of nitrogens with one attached hydrogen (secondary N) is 2. The number of hydrogen-bond acceptors (Lipinski definition) is 3. The van der Waals surface area contributed by atoms with Crippen molar-refractivity contribution >= 4 is 5.91 Å². The Kier molecular flexibility index (Phi) is 6.52. The molecule has 1 amide bonds. The molecule has 17 heavy (non-hydrogen) atoms. The summed E-state index contributed by atoms with van der Waals surface area (Å²) in [6.07, 6.45) is 3.62. The Bertz CT molecular complexity index is 225. The molecule has 0 aromatic heterocycles. The van der Waals surface area contributed by atoms with E-state index in [4.69, 9.17) is 0 Å². The van der Waals surface area contributed by atoms with E-state index in [2.05, 4.69) is 24.5 Å². The minimum atomic E-state index is -0.0794. The van der Waals surface area contributed by atoms with Gasteiger partial charge in [-0.3, -0.25) is 4.79 Å². The Morgan fingerprint density at radius 1 is 1.41 bits per heavy atom. The molecule has 0 aliphatic carbocycles. The van der Waals surface area contributed by atoms with Crippen LogP contribution in [0.3, 0.4) is 0 Å². The van der Waals surface area contributed by atoms with E-state index in [1.54, 1.807) is 0 Å². The molecule has 4 heteroatoms. The van der Waals surface area contributed by atoms with Gasteiger partial charge in [0.1, 0.15) is 0 Å². The molecule has 1 aliphatic heterocycles. The van der Waals surface area contributed by atoms with Crippen molar-refractivity contribution < 1.29 is 9.90 Å². The van der Waals surface area contributed by atoms with Crippen LogP contribution in [0.2, 0.25) is 0 Å². The smallest absolute Gasteiger partial charge is 0.220 e. The van der Waals surface area contributed by atoms with E-state index < -0.39 is 0 Å². The highest BCUT2D eigenvalue weighted by atomic mass is 16.3. The lowest BCUT2D eigenvalue weighted by atomic mass is 9.94. The second-order valence-electron chi connectivity index (χ2n) is 5.47. The molecule has 1 saturated heterocycles. The third-order valence-corrected chi connectivity index (χ3v) is 3.27. The van der Waals surface area contributed by atoms with Crippen molar-refractivity contribution in [2.75, 3.05) is 19.7 Å². The molecule has 0 bridgehead atoms. The van der Waals surface area contributed by atoms with E-state index in [-0.39, 0.29) is 18.6 Å². The van der Waals surface area contributed by atoms with E-state index >= 15 is 0 Å². The van der Waals surface area contributed by atoms with Crippen LogP contribution in [0, 0.1) is 11.8 Å². The average Bonchev–Trinajstić information content (AvgIpc) is 2.28. The summed E-state index contributed by atoms with van der Waals surface area (Å²) in [7, 11) is 0. The molecular weight excluding hydrogens is 216 g/mol. The van der Waals surface area contributed by atoms with Gasteiger partial charge in [0.05, 0.1) is 12.6 Å². The third kappa shape index (κ3) is 6.03. The lowest BCUT2D eigenvalue weighted by Crippen LogP contribution is -2.40. The first-order valence-corrected chi connectivity index (χ1v) is 6.72. The van der Waals surface area contributed by atoms with Crippen LogP contribution < -0.4 is 10.6 Å². The molecule has 4 nitrogen and oxygen atoms in total. The highest BCUT2D eigenvalue weighted by Crippen LogP contribution is 2.16. The van der Waals surface area contributed by atoms with Crippen molar-refractivity contribution in [1.82, 2.24) is 10.6 Å². The SMILES string of the molecule is CC(C)CC(CO)NC(=O)CC1CCNCC1. The fourth-order valence-corrected chi connectivity index (χ4v) is 2.38. The predicted molar refractivity (Wildman–Crippen MR) is 68.7 cm³/mol. The number of hydrogen-bond donors (Lipinski definition) is 3. The van der Waals surface area contributed by atoms with Crippen LogP contribution in [0.1, 0.15) is 39.5 Å². The van der Waals surface area contributed by atoms with Gasteiger partial charge < -0.3 is 15.7 Å². The zero-order valence-corrected chi connectivity index (χ0v) is 11.0. The van der Waals surface area contributed by atoms with Crippen molar-refractivity contribution in [2.24, 2.45) is 11.8 Å². The second kappa shape index (κ2) is 7.67. The molecule has 1 atom stereocenters. The second-order valence-corrected chi connectivity index (χ2v) is 5.47. The van der Waals surface area contributed by atoms with Gasteiger partial charge in [0, 0.05) is 6.42 Å². The Morgan fingerprint density at radius 3 is 2.59 bits per heavy atom. The van der Waals surface area contributed by atoms with Crippen molar-refractivity contribution in [3.8, 4) is 0 Å². The third-order valence-electron chi connectivity index (χ3n) is 3.27. The van der Waals surface area contributed by atoms with Gasteiger partial charge in [-0.1, -0.05) is 13.8 Å². The number of carbonyl (C=O) groups excluding carboxylic acids is 1. The van der Waals surface area contributed by atoms with Crippen LogP contribution in [0.4, 0.5) is 0 Å². The van der Waals surface area contributed by atoms with Crippen LogP contribution in [0.15, 0.2) is 0 Å². The first-order valence-electron chi connectivity index (χ1n) is 6.72. The normalized spacial score (nSPS) is 19.3. The van der Waals surface area contributed by atoms with Crippen LogP contribution in [-0.2, 0) is 4.79 Å². The summed E-state index contributed by atoms with van der Waals surface area (Å²) in [4.78, 5) is 11.8. The van der Waals surface area contributed by atoms with Gasteiger partial charge in [-0.25, -0.2) is 0 Å². The van der Waals surface area contributed by atoms with Gasteiger partial charge in [0.2, 0.25) is 5.91 Å². The molecule has 0 spiro atoms. The van der Waals surface area contributed by atoms with Crippen molar-refractivity contribution in [1.29, 1.82) is 0 Å². The van der Waals surface area contributed by atoms with E-state index in [1.165, 1.54) is 0 Å². The maximum atomic E-state index is 11.8. The van der Waals surface area contributed by atoms with E-state index in [0.717, 1.165) is 32.4 Å². The molecule has 1 aliphatic rings. The number of piperidine rings is 1. The van der Waals surface area contributed by atoms with Crippen molar-refractivity contribution in [2.45, 2.75) is 45.6 Å². The zero-order valence-electron chi connectivity index (χ0n) is 11.0. The molecule has 0 aromatic carbocycles. The number of aliphatic hydroxyl groups excluding tert-OH is 1. The molecule has 0 saturated carbocycles. The topological polar surface area (TPSA) is 61.4 Å². The average molecular weight is 242 g/mol. The number of aliphatic hydroxyl groups is 1. The van der Waals surface area contributed by atoms with Crippen molar-refractivity contribution in [3.63, 3.8) is 0 Å². The summed E-state index contributed by atoms with van der Waals surface area (Å²) < 4.78 is 0. The molecule has 100 valence electrons. The van der Waals surface area contributed by atoms with Gasteiger partial charge in [0.15, 0.2) is 0 Å². The Balaban J connectivity index is 2.26. The summed E-state index contributed by atoms with van der Waals surface area (Å²) in [5.74, 6) is 1.09. The Hall–Kier alpha value is -0.610. The summed E-state index contributed by atoms with van der Waals surface area (Å²) in [6, 6.07) is -0.0794. The lowest BCUT2D eigenvalue weighted by Gasteiger charge is -2.24. The van der Waals surface area contributed by atoms with Gasteiger partial charge in [-0.15, -0.1) is 0 Å². The minimum Gasteiger partial charge on any atom is -0.394 e. The van der Waals surface area contributed by atoms with Gasteiger partial charge in [0.25, 0.3) is 0 Å². The Morgan fingerprint density at radius 2 is 2.06 bits per heavy atom. The summed E-state index contributed by atoms with van der Waals surface area (Å²) >= 11 is 0. The molecule has 0 aromatic rings. The molecule has 1 fully saturated rings. The lowest BCUT2D eigenvalue weighted by molar-refractivity contribution is -0.123. The first-order chi connectivity index (χ1) is 8.11. The molecule has 1 heterocycles. The Labute approximate surface area is 104 Å². The summed E-state index contributed by atoms with van der Waals surface area (Å²) in [5.41, 5.74) is 0. The molecule has 3 N–H and O–H groups in total. The fraction of sp³-hybridized carbons (Fsp3) is 0.923. The van der Waals surface area contributed by atoms with E-state index in [1.807, 2.05) is 0 Å². The maximum Gasteiger partial charge on any atom is 0.220 e. The molecular formula is C13H26N2O2. The van der Waals surface area contributed by atoms with Crippen LogP contribution in [0.25, 0.3) is 0 Å². The largest absolute Gasteiger partial charge is 0.394 e. The van der Waals surface area contributed by atoms with Crippen molar-refractivity contribution in [3.05, 3.63) is 0 Å². The summed E-state index contributed by atoms with van der Waals surface area (Å²) in [6.45, 7) is 6.28. The van der Waals surface area contributed by atoms with Gasteiger partial charge in [-0.05, 0) is 44.2 Å². The van der Waals surface area contributed by atoms with E-state index in [9.17, 15) is 9.90 Å². The molecule has 1 rings (SSSR count). The zero-order chi connectivity index (χ0) is 12.7. The standard InChI is InChI=1S/C13H26N2O2/c1-10(2)7-12(9-16)15-13(17)8-11-3-5-14-6-4-11/h10-12,14,16H,3-9H2,1-2H3,(H,15,17). The molecule has 0 radical (unpaired) electrons. The number of rotatable bonds is 6. The highest BCUT2D eigenvalue weighted by molar-refractivity contribution is 5.76. The van der Waals surface area contributed by atoms with Crippen LogP contribution in [-0.4, -0.2) is 36.8 Å². The molecule has 1 unspecified atom stereocenters. The minimum absolute atomic E-state index is 0.0378. The summed E-state index contributed by atoms with van der Waals surface area (Å²) in [5, 5.41) is 15.4. The van der Waals surface area contributed by atoms with Crippen LogP contribution in [0.5, 0.6) is 0 Å². The van der Waals surface area contributed by atoms with Gasteiger partial charge in [-0.2, -0.15) is 0 Å².